The molecule has 1 atom stereocenters. The summed E-state index contributed by atoms with van der Waals surface area (Å²) in [4.78, 5) is 14.9. The third-order valence-electron chi connectivity index (χ3n) is 5.13. The predicted molar refractivity (Wildman–Crippen MR) is 118 cm³/mol. The summed E-state index contributed by atoms with van der Waals surface area (Å²) in [6.45, 7) is 3.59. The van der Waals surface area contributed by atoms with Crippen LogP contribution in [0.5, 0.6) is 5.75 Å². The number of amides is 1. The van der Waals surface area contributed by atoms with Gasteiger partial charge in [-0.15, -0.1) is 11.8 Å². The molecule has 4 heteroatoms. The lowest BCUT2D eigenvalue weighted by Crippen LogP contribution is -2.30. The number of thioether (sulfide) groups is 1. The molecule has 150 valence electrons. The van der Waals surface area contributed by atoms with Crippen molar-refractivity contribution in [3.8, 4) is 5.75 Å². The SMILES string of the molecule is CCCCCCCC(=O)N1CCSC1c1ccccc1OCc1ccccc1. The third-order valence-corrected chi connectivity index (χ3v) is 6.37. The van der Waals surface area contributed by atoms with E-state index in [9.17, 15) is 4.79 Å². The van der Waals surface area contributed by atoms with Crippen molar-refractivity contribution in [2.24, 2.45) is 0 Å². The molecule has 0 bridgehead atoms. The van der Waals surface area contributed by atoms with E-state index in [1.54, 1.807) is 0 Å². The van der Waals surface area contributed by atoms with E-state index < -0.39 is 0 Å². The summed E-state index contributed by atoms with van der Waals surface area (Å²) in [6, 6.07) is 18.4. The fourth-order valence-electron chi connectivity index (χ4n) is 3.56. The highest BCUT2D eigenvalue weighted by Gasteiger charge is 2.32. The Labute approximate surface area is 173 Å². The normalized spacial score (nSPS) is 16.3. The number of nitrogens with zero attached hydrogens (tertiary/aromatic N) is 1. The average molecular weight is 398 g/mol. The molecular formula is C24H31NO2S. The van der Waals surface area contributed by atoms with Crippen molar-refractivity contribution in [3.05, 3.63) is 65.7 Å². The fraction of sp³-hybridized carbons (Fsp3) is 0.458. The first kappa shape index (κ1) is 20.8. The number of carbonyl (C=O) groups is 1. The molecule has 3 nitrogen and oxygen atoms in total. The summed E-state index contributed by atoms with van der Waals surface area (Å²) in [7, 11) is 0. The minimum Gasteiger partial charge on any atom is -0.489 e. The van der Waals surface area contributed by atoms with Crippen LogP contribution in [0.3, 0.4) is 0 Å². The molecular weight excluding hydrogens is 366 g/mol. The Morgan fingerprint density at radius 2 is 1.79 bits per heavy atom. The number of benzene rings is 2. The van der Waals surface area contributed by atoms with Crippen molar-refractivity contribution in [2.75, 3.05) is 12.3 Å². The molecule has 1 aliphatic rings. The second-order valence-corrected chi connectivity index (χ2v) is 8.47. The van der Waals surface area contributed by atoms with Gasteiger partial charge >= 0.3 is 0 Å². The van der Waals surface area contributed by atoms with Crippen molar-refractivity contribution < 1.29 is 9.53 Å². The summed E-state index contributed by atoms with van der Waals surface area (Å²) >= 11 is 1.84. The molecule has 3 rings (SSSR count). The van der Waals surface area contributed by atoms with Crippen molar-refractivity contribution in [1.82, 2.24) is 4.90 Å². The first-order valence-electron chi connectivity index (χ1n) is 10.5. The van der Waals surface area contributed by atoms with Crippen LogP contribution in [-0.4, -0.2) is 23.1 Å². The van der Waals surface area contributed by atoms with Gasteiger partial charge in [0, 0.05) is 24.3 Å². The molecule has 1 saturated heterocycles. The molecule has 1 unspecified atom stereocenters. The zero-order valence-corrected chi connectivity index (χ0v) is 17.6. The Morgan fingerprint density at radius 1 is 1.04 bits per heavy atom. The van der Waals surface area contributed by atoms with E-state index in [0.29, 0.717) is 13.0 Å². The summed E-state index contributed by atoms with van der Waals surface area (Å²) in [6.07, 6.45) is 6.55. The number of hydrogen-bond donors (Lipinski definition) is 0. The van der Waals surface area contributed by atoms with E-state index in [-0.39, 0.29) is 11.3 Å². The Kier molecular flexibility index (Phi) is 8.28. The topological polar surface area (TPSA) is 29.5 Å². The number of rotatable bonds is 10. The molecule has 1 aliphatic heterocycles. The van der Waals surface area contributed by atoms with Gasteiger partial charge in [0.25, 0.3) is 0 Å². The molecule has 0 radical (unpaired) electrons. The van der Waals surface area contributed by atoms with Crippen LogP contribution in [0.15, 0.2) is 54.6 Å². The quantitative estimate of drug-likeness (QED) is 0.447. The molecule has 0 N–H and O–H groups in total. The van der Waals surface area contributed by atoms with Crippen LogP contribution in [0.2, 0.25) is 0 Å². The highest BCUT2D eigenvalue weighted by Crippen LogP contribution is 2.42. The Hall–Kier alpha value is -1.94. The highest BCUT2D eigenvalue weighted by molar-refractivity contribution is 7.99. The zero-order valence-electron chi connectivity index (χ0n) is 16.8. The standard InChI is InChI=1S/C24H31NO2S/c1-2-3-4-5-9-16-23(26)25-17-18-28-24(25)21-14-10-11-15-22(21)27-19-20-12-7-6-8-13-20/h6-8,10-15,24H,2-5,9,16-19H2,1H3. The summed E-state index contributed by atoms with van der Waals surface area (Å²) in [5.74, 6) is 2.15. The van der Waals surface area contributed by atoms with Crippen LogP contribution in [0, 0.1) is 0 Å². The van der Waals surface area contributed by atoms with Gasteiger partial charge in [0.1, 0.15) is 17.7 Å². The Balaban J connectivity index is 1.62. The number of hydrogen-bond acceptors (Lipinski definition) is 3. The van der Waals surface area contributed by atoms with E-state index in [2.05, 4.69) is 30.0 Å². The largest absolute Gasteiger partial charge is 0.489 e. The van der Waals surface area contributed by atoms with Crippen LogP contribution in [0.1, 0.15) is 61.9 Å². The van der Waals surface area contributed by atoms with E-state index in [0.717, 1.165) is 42.0 Å². The van der Waals surface area contributed by atoms with Gasteiger partial charge in [-0.1, -0.05) is 81.1 Å². The molecule has 0 saturated carbocycles. The molecule has 0 aliphatic carbocycles. The van der Waals surface area contributed by atoms with Gasteiger partial charge in [0.15, 0.2) is 0 Å². The maximum absolute atomic E-state index is 12.8. The van der Waals surface area contributed by atoms with Crippen LogP contribution in [-0.2, 0) is 11.4 Å². The van der Waals surface area contributed by atoms with Crippen LogP contribution >= 0.6 is 11.8 Å². The van der Waals surface area contributed by atoms with Gasteiger partial charge in [-0.05, 0) is 18.1 Å². The monoisotopic (exact) mass is 397 g/mol. The van der Waals surface area contributed by atoms with Crippen molar-refractivity contribution in [1.29, 1.82) is 0 Å². The maximum atomic E-state index is 12.8. The van der Waals surface area contributed by atoms with Gasteiger partial charge in [0.05, 0.1) is 0 Å². The number of ether oxygens (including phenoxy) is 1. The molecule has 1 heterocycles. The zero-order chi connectivity index (χ0) is 19.6. The second-order valence-electron chi connectivity index (χ2n) is 7.29. The first-order valence-corrected chi connectivity index (χ1v) is 11.5. The van der Waals surface area contributed by atoms with Gasteiger partial charge < -0.3 is 9.64 Å². The molecule has 0 aromatic heterocycles. The number of carbonyl (C=O) groups excluding carboxylic acids is 1. The van der Waals surface area contributed by atoms with E-state index in [1.807, 2.05) is 48.2 Å². The van der Waals surface area contributed by atoms with E-state index in [1.165, 1.54) is 19.3 Å². The van der Waals surface area contributed by atoms with Crippen LogP contribution in [0.4, 0.5) is 0 Å². The van der Waals surface area contributed by atoms with Crippen LogP contribution < -0.4 is 4.74 Å². The molecule has 1 amide bonds. The van der Waals surface area contributed by atoms with Crippen molar-refractivity contribution >= 4 is 17.7 Å². The van der Waals surface area contributed by atoms with Gasteiger partial charge in [-0.2, -0.15) is 0 Å². The lowest BCUT2D eigenvalue weighted by molar-refractivity contribution is -0.131. The molecule has 2 aromatic carbocycles. The highest BCUT2D eigenvalue weighted by atomic mass is 32.2. The minimum atomic E-state index is 0.0649. The Bertz CT molecular complexity index is 734. The van der Waals surface area contributed by atoms with Crippen molar-refractivity contribution in [3.63, 3.8) is 0 Å². The summed E-state index contributed by atoms with van der Waals surface area (Å²) in [5.41, 5.74) is 2.26. The molecule has 1 fully saturated rings. The number of unbranched alkanes of at least 4 members (excludes halogenated alkanes) is 4. The molecule has 28 heavy (non-hydrogen) atoms. The second kappa shape index (κ2) is 11.2. The smallest absolute Gasteiger partial charge is 0.223 e. The number of para-hydroxylation sites is 1. The third kappa shape index (κ3) is 5.78. The van der Waals surface area contributed by atoms with Gasteiger partial charge in [-0.25, -0.2) is 0 Å². The maximum Gasteiger partial charge on any atom is 0.223 e. The van der Waals surface area contributed by atoms with E-state index in [4.69, 9.17) is 4.74 Å². The molecule has 0 spiro atoms. The van der Waals surface area contributed by atoms with E-state index >= 15 is 0 Å². The lowest BCUT2D eigenvalue weighted by Gasteiger charge is -2.26. The average Bonchev–Trinajstić information content (AvgIpc) is 3.23. The first-order chi connectivity index (χ1) is 13.8. The molecule has 2 aromatic rings. The van der Waals surface area contributed by atoms with Gasteiger partial charge in [0.2, 0.25) is 5.91 Å². The minimum absolute atomic E-state index is 0.0649. The lowest BCUT2D eigenvalue weighted by atomic mass is 10.1. The predicted octanol–water partition coefficient (Wildman–Crippen LogP) is 6.20. The Morgan fingerprint density at radius 3 is 2.61 bits per heavy atom. The summed E-state index contributed by atoms with van der Waals surface area (Å²) < 4.78 is 6.14. The van der Waals surface area contributed by atoms with Gasteiger partial charge in [-0.3, -0.25) is 4.79 Å². The fourth-order valence-corrected chi connectivity index (χ4v) is 4.86. The van der Waals surface area contributed by atoms with Crippen LogP contribution in [0.25, 0.3) is 0 Å². The van der Waals surface area contributed by atoms with Crippen molar-refractivity contribution in [2.45, 2.75) is 57.4 Å². The summed E-state index contributed by atoms with van der Waals surface area (Å²) in [5, 5.41) is 0.0649.